The molecule has 25 heavy (non-hydrogen) atoms. The summed E-state index contributed by atoms with van der Waals surface area (Å²) < 4.78 is 19.1. The Labute approximate surface area is 154 Å². The van der Waals surface area contributed by atoms with Crippen LogP contribution in [0.15, 0.2) is 54.1 Å². The second kappa shape index (κ2) is 8.64. The van der Waals surface area contributed by atoms with Gasteiger partial charge in [-0.25, -0.2) is 4.39 Å². The lowest BCUT2D eigenvalue weighted by Gasteiger charge is -2.27. The molecule has 3 rings (SSSR count). The fraction of sp³-hybridized carbons (Fsp3) is 0.364. The first-order valence-electron chi connectivity index (χ1n) is 8.86. The van der Waals surface area contributed by atoms with Gasteiger partial charge in [-0.2, -0.15) is 0 Å². The first-order chi connectivity index (χ1) is 12.2. The first-order valence-corrected chi connectivity index (χ1v) is 9.29. The van der Waals surface area contributed by atoms with Crippen LogP contribution in [0.3, 0.4) is 0 Å². The number of allylic oxidation sites excluding steroid dienone is 1. The van der Waals surface area contributed by atoms with E-state index in [-0.39, 0.29) is 5.82 Å². The Morgan fingerprint density at radius 2 is 1.72 bits per heavy atom. The lowest BCUT2D eigenvalue weighted by atomic mass is 9.78. The molecule has 2 aromatic rings. The summed E-state index contributed by atoms with van der Waals surface area (Å²) in [6.07, 6.45) is 6.91. The maximum absolute atomic E-state index is 14.1. The molecule has 0 spiro atoms. The predicted molar refractivity (Wildman–Crippen MR) is 102 cm³/mol. The van der Waals surface area contributed by atoms with Crippen LogP contribution in [0.4, 0.5) is 4.39 Å². The zero-order chi connectivity index (χ0) is 17.6. The molecule has 0 heterocycles. The summed E-state index contributed by atoms with van der Waals surface area (Å²) in [5, 5.41) is 0. The summed E-state index contributed by atoms with van der Waals surface area (Å²) in [5.41, 5.74) is 5.57. The molecule has 1 saturated carbocycles. The standard InChI is InChI=1S/C22H24ClFO/c1-25-15-21-11-10-20(14-22(21)24)19-8-6-18(7-9-19)17-4-2-16(3-5-17)12-13-23/h6-14,16-17H,2-5,15H2,1H3/b13-12+. The quantitative estimate of drug-likeness (QED) is 0.580. The maximum Gasteiger partial charge on any atom is 0.129 e. The Hall–Kier alpha value is -1.64. The van der Waals surface area contributed by atoms with Crippen LogP contribution in [0.5, 0.6) is 0 Å². The van der Waals surface area contributed by atoms with Gasteiger partial charge in [0.2, 0.25) is 0 Å². The molecule has 1 aliphatic carbocycles. The molecule has 0 unspecified atom stereocenters. The van der Waals surface area contributed by atoms with Crippen molar-refractivity contribution in [1.82, 2.24) is 0 Å². The van der Waals surface area contributed by atoms with Gasteiger partial charge in [-0.05, 0) is 60.3 Å². The monoisotopic (exact) mass is 358 g/mol. The van der Waals surface area contributed by atoms with E-state index in [1.807, 2.05) is 6.07 Å². The molecule has 0 aliphatic heterocycles. The molecule has 0 bridgehead atoms. The predicted octanol–water partition coefficient (Wildman–Crippen LogP) is 6.67. The van der Waals surface area contributed by atoms with Crippen molar-refractivity contribution in [2.75, 3.05) is 7.11 Å². The molecule has 132 valence electrons. The second-order valence-corrected chi connectivity index (χ2v) is 7.04. The highest BCUT2D eigenvalue weighted by Crippen LogP contribution is 2.37. The zero-order valence-electron chi connectivity index (χ0n) is 14.6. The average Bonchev–Trinajstić information content (AvgIpc) is 2.65. The lowest BCUT2D eigenvalue weighted by Crippen LogP contribution is -2.11. The number of rotatable bonds is 5. The van der Waals surface area contributed by atoms with Crippen LogP contribution in [0.25, 0.3) is 11.1 Å². The molecule has 0 atom stereocenters. The van der Waals surface area contributed by atoms with Gasteiger partial charge in [0, 0.05) is 18.2 Å². The molecule has 3 heteroatoms. The van der Waals surface area contributed by atoms with Crippen molar-refractivity contribution in [2.45, 2.75) is 38.2 Å². The maximum atomic E-state index is 14.1. The molecule has 1 aliphatic rings. The van der Waals surface area contributed by atoms with Crippen LogP contribution < -0.4 is 0 Å². The SMILES string of the molecule is COCc1ccc(-c2ccc(C3CCC(/C=C/Cl)CC3)cc2)cc1F. The van der Waals surface area contributed by atoms with E-state index in [9.17, 15) is 4.39 Å². The third-order valence-corrected chi connectivity index (χ3v) is 5.33. The summed E-state index contributed by atoms with van der Waals surface area (Å²) in [7, 11) is 1.57. The Balaban J connectivity index is 1.69. The molecule has 2 aromatic carbocycles. The molecular weight excluding hydrogens is 335 g/mol. The number of hydrogen-bond donors (Lipinski definition) is 0. The van der Waals surface area contributed by atoms with E-state index in [2.05, 4.69) is 30.3 Å². The highest BCUT2D eigenvalue weighted by Gasteiger charge is 2.20. The Kier molecular flexibility index (Phi) is 6.28. The summed E-state index contributed by atoms with van der Waals surface area (Å²) in [6.45, 7) is 0.298. The normalized spacial score (nSPS) is 20.9. The van der Waals surface area contributed by atoms with Crippen LogP contribution in [-0.4, -0.2) is 7.11 Å². The summed E-state index contributed by atoms with van der Waals surface area (Å²) >= 11 is 5.69. The van der Waals surface area contributed by atoms with E-state index in [1.165, 1.54) is 31.2 Å². The highest BCUT2D eigenvalue weighted by molar-refractivity contribution is 6.25. The third kappa shape index (κ3) is 4.50. The second-order valence-electron chi connectivity index (χ2n) is 6.79. The van der Waals surface area contributed by atoms with Crippen LogP contribution in [0.2, 0.25) is 0 Å². The van der Waals surface area contributed by atoms with Crippen LogP contribution in [0, 0.1) is 11.7 Å². The van der Waals surface area contributed by atoms with Gasteiger partial charge in [-0.1, -0.05) is 54.1 Å². The van der Waals surface area contributed by atoms with Gasteiger partial charge in [-0.3, -0.25) is 0 Å². The zero-order valence-corrected chi connectivity index (χ0v) is 15.3. The number of hydrogen-bond acceptors (Lipinski definition) is 1. The van der Waals surface area contributed by atoms with E-state index in [0.29, 0.717) is 24.0 Å². The minimum absolute atomic E-state index is 0.214. The van der Waals surface area contributed by atoms with E-state index in [1.54, 1.807) is 24.8 Å². The minimum atomic E-state index is -0.214. The summed E-state index contributed by atoms with van der Waals surface area (Å²) in [5.74, 6) is 1.03. The number of halogens is 2. The molecule has 0 amide bonds. The van der Waals surface area contributed by atoms with E-state index < -0.39 is 0 Å². The molecule has 0 N–H and O–H groups in total. The minimum Gasteiger partial charge on any atom is -0.380 e. The Morgan fingerprint density at radius 3 is 2.32 bits per heavy atom. The van der Waals surface area contributed by atoms with E-state index >= 15 is 0 Å². The van der Waals surface area contributed by atoms with Crippen LogP contribution in [0.1, 0.15) is 42.7 Å². The first kappa shape index (κ1) is 18.2. The number of methoxy groups -OCH3 is 1. The van der Waals surface area contributed by atoms with Gasteiger partial charge < -0.3 is 4.74 Å². The fourth-order valence-electron chi connectivity index (χ4n) is 3.70. The Bertz CT molecular complexity index is 715. The average molecular weight is 359 g/mol. The molecule has 0 saturated heterocycles. The smallest absolute Gasteiger partial charge is 0.129 e. The summed E-state index contributed by atoms with van der Waals surface area (Å²) in [4.78, 5) is 0. The number of benzene rings is 2. The van der Waals surface area contributed by atoms with Gasteiger partial charge in [0.1, 0.15) is 5.82 Å². The lowest BCUT2D eigenvalue weighted by molar-refractivity contribution is 0.181. The van der Waals surface area contributed by atoms with Crippen LogP contribution in [-0.2, 0) is 11.3 Å². The van der Waals surface area contributed by atoms with Gasteiger partial charge in [0.05, 0.1) is 6.61 Å². The van der Waals surface area contributed by atoms with Crippen molar-refractivity contribution >= 4 is 11.6 Å². The van der Waals surface area contributed by atoms with Crippen molar-refractivity contribution in [3.8, 4) is 11.1 Å². The molecular formula is C22H24ClFO. The topological polar surface area (TPSA) is 9.23 Å². The third-order valence-electron chi connectivity index (χ3n) is 5.19. The van der Waals surface area contributed by atoms with E-state index in [0.717, 1.165) is 11.1 Å². The van der Waals surface area contributed by atoms with Gasteiger partial charge in [-0.15, -0.1) is 0 Å². The van der Waals surface area contributed by atoms with Gasteiger partial charge in [0.15, 0.2) is 0 Å². The highest BCUT2D eigenvalue weighted by atomic mass is 35.5. The van der Waals surface area contributed by atoms with Gasteiger partial charge >= 0.3 is 0 Å². The van der Waals surface area contributed by atoms with Gasteiger partial charge in [0.25, 0.3) is 0 Å². The largest absolute Gasteiger partial charge is 0.380 e. The van der Waals surface area contributed by atoms with Crippen molar-refractivity contribution in [2.24, 2.45) is 5.92 Å². The fourth-order valence-corrected chi connectivity index (χ4v) is 3.90. The number of ether oxygens (including phenoxy) is 1. The molecule has 0 aromatic heterocycles. The van der Waals surface area contributed by atoms with Crippen molar-refractivity contribution in [3.63, 3.8) is 0 Å². The Morgan fingerprint density at radius 1 is 1.04 bits per heavy atom. The van der Waals surface area contributed by atoms with E-state index in [4.69, 9.17) is 16.3 Å². The molecule has 0 radical (unpaired) electrons. The van der Waals surface area contributed by atoms with Crippen molar-refractivity contribution in [1.29, 1.82) is 0 Å². The van der Waals surface area contributed by atoms with Crippen LogP contribution >= 0.6 is 11.6 Å². The van der Waals surface area contributed by atoms with Crippen molar-refractivity contribution in [3.05, 3.63) is 71.0 Å². The molecule has 1 nitrogen and oxygen atoms in total. The summed E-state index contributed by atoms with van der Waals surface area (Å²) in [6, 6.07) is 13.9. The van der Waals surface area contributed by atoms with Crippen molar-refractivity contribution < 1.29 is 9.13 Å². The molecule has 1 fully saturated rings.